The normalized spacial score (nSPS) is 10.5. The van der Waals surface area contributed by atoms with Gasteiger partial charge in [-0.25, -0.2) is 9.37 Å². The summed E-state index contributed by atoms with van der Waals surface area (Å²) in [6, 6.07) is 8.90. The molecule has 0 aliphatic heterocycles. The van der Waals surface area contributed by atoms with Crippen molar-refractivity contribution in [3.63, 3.8) is 0 Å². The van der Waals surface area contributed by atoms with Crippen molar-refractivity contribution in [3.8, 4) is 5.88 Å². The number of nitrogens with zero attached hydrogens (tertiary/aromatic N) is 1. The topological polar surface area (TPSA) is 34.2 Å². The molecule has 2 aromatic rings. The standard InChI is InChI=1S/C14H14ClFN2O/c1-17-8-10-6-7-18-14(13(10)16)19-9-11-4-2-3-5-12(11)15/h2-7,17H,8-9H2,1H3. The molecule has 100 valence electrons. The molecule has 0 radical (unpaired) electrons. The fourth-order valence-corrected chi connectivity index (χ4v) is 1.84. The maximum Gasteiger partial charge on any atom is 0.251 e. The van der Waals surface area contributed by atoms with Crippen molar-refractivity contribution < 1.29 is 9.13 Å². The first kappa shape index (κ1) is 13.8. The van der Waals surface area contributed by atoms with Crippen LogP contribution >= 0.6 is 11.6 Å². The van der Waals surface area contributed by atoms with Gasteiger partial charge in [0.15, 0.2) is 5.82 Å². The third-order valence-electron chi connectivity index (χ3n) is 2.63. The zero-order valence-electron chi connectivity index (χ0n) is 10.5. The third kappa shape index (κ3) is 3.43. The van der Waals surface area contributed by atoms with Crippen molar-refractivity contribution in [2.24, 2.45) is 0 Å². The molecule has 1 aromatic heterocycles. The molecule has 1 aromatic carbocycles. The predicted molar refractivity (Wildman–Crippen MR) is 72.7 cm³/mol. The third-order valence-corrected chi connectivity index (χ3v) is 3.00. The highest BCUT2D eigenvalue weighted by molar-refractivity contribution is 6.31. The average molecular weight is 281 g/mol. The lowest BCUT2D eigenvalue weighted by molar-refractivity contribution is 0.276. The summed E-state index contributed by atoms with van der Waals surface area (Å²) in [7, 11) is 1.75. The molecule has 0 aliphatic rings. The Labute approximate surface area is 116 Å². The van der Waals surface area contributed by atoms with E-state index in [9.17, 15) is 4.39 Å². The first-order valence-electron chi connectivity index (χ1n) is 5.86. The van der Waals surface area contributed by atoms with Gasteiger partial charge in [-0.2, -0.15) is 0 Å². The molecule has 0 unspecified atom stereocenters. The van der Waals surface area contributed by atoms with Gasteiger partial charge in [-0.1, -0.05) is 29.8 Å². The number of pyridine rings is 1. The van der Waals surface area contributed by atoms with E-state index in [1.54, 1.807) is 19.2 Å². The van der Waals surface area contributed by atoms with Crippen LogP contribution in [0.2, 0.25) is 5.02 Å². The van der Waals surface area contributed by atoms with Crippen molar-refractivity contribution >= 4 is 11.6 Å². The summed E-state index contributed by atoms with van der Waals surface area (Å²) in [6.45, 7) is 0.614. The lowest BCUT2D eigenvalue weighted by Gasteiger charge is -2.09. The highest BCUT2D eigenvalue weighted by atomic mass is 35.5. The average Bonchev–Trinajstić information content (AvgIpc) is 2.42. The van der Waals surface area contributed by atoms with Crippen LogP contribution in [0.4, 0.5) is 4.39 Å². The summed E-state index contributed by atoms with van der Waals surface area (Å²) in [5, 5.41) is 3.48. The van der Waals surface area contributed by atoms with Gasteiger partial charge in [0.25, 0.3) is 5.88 Å². The molecule has 2 rings (SSSR count). The molecule has 0 amide bonds. The van der Waals surface area contributed by atoms with Gasteiger partial charge in [0, 0.05) is 28.9 Å². The Morgan fingerprint density at radius 3 is 2.79 bits per heavy atom. The van der Waals surface area contributed by atoms with Crippen LogP contribution in [0.5, 0.6) is 5.88 Å². The number of hydrogen-bond acceptors (Lipinski definition) is 3. The monoisotopic (exact) mass is 280 g/mol. The summed E-state index contributed by atoms with van der Waals surface area (Å²) in [6.07, 6.45) is 1.53. The second-order valence-corrected chi connectivity index (χ2v) is 4.41. The fourth-order valence-electron chi connectivity index (χ4n) is 1.65. The van der Waals surface area contributed by atoms with E-state index < -0.39 is 5.82 Å². The van der Waals surface area contributed by atoms with Crippen LogP contribution in [0.1, 0.15) is 11.1 Å². The number of halogens is 2. The summed E-state index contributed by atoms with van der Waals surface area (Å²) in [5.74, 6) is -0.448. The van der Waals surface area contributed by atoms with Crippen LogP contribution in [-0.2, 0) is 13.2 Å². The van der Waals surface area contributed by atoms with Crippen LogP contribution < -0.4 is 10.1 Å². The number of ether oxygens (including phenoxy) is 1. The molecule has 1 heterocycles. The Hall–Kier alpha value is -1.65. The zero-order chi connectivity index (χ0) is 13.7. The minimum absolute atomic E-state index is 0.00679. The first-order chi connectivity index (χ1) is 9.22. The lowest BCUT2D eigenvalue weighted by Crippen LogP contribution is -2.09. The minimum atomic E-state index is -0.441. The van der Waals surface area contributed by atoms with Crippen molar-refractivity contribution in [1.82, 2.24) is 10.3 Å². The molecule has 19 heavy (non-hydrogen) atoms. The lowest BCUT2D eigenvalue weighted by atomic mass is 10.2. The van der Waals surface area contributed by atoms with Gasteiger partial charge in [0.1, 0.15) is 6.61 Å². The van der Waals surface area contributed by atoms with Crippen LogP contribution in [-0.4, -0.2) is 12.0 Å². The van der Waals surface area contributed by atoms with E-state index in [-0.39, 0.29) is 12.5 Å². The number of benzene rings is 1. The summed E-state index contributed by atoms with van der Waals surface area (Å²) < 4.78 is 19.4. The molecular formula is C14H14ClFN2O. The second kappa shape index (κ2) is 6.50. The second-order valence-electron chi connectivity index (χ2n) is 4.00. The largest absolute Gasteiger partial charge is 0.471 e. The van der Waals surface area contributed by atoms with E-state index in [2.05, 4.69) is 10.3 Å². The number of rotatable bonds is 5. The molecule has 3 nitrogen and oxygen atoms in total. The molecule has 0 fully saturated rings. The first-order valence-corrected chi connectivity index (χ1v) is 6.24. The molecule has 1 N–H and O–H groups in total. The molecular weight excluding hydrogens is 267 g/mol. The molecule has 0 spiro atoms. The van der Waals surface area contributed by atoms with E-state index in [1.165, 1.54) is 6.20 Å². The van der Waals surface area contributed by atoms with Crippen LogP contribution in [0.25, 0.3) is 0 Å². The molecule has 0 saturated heterocycles. The molecule has 0 bridgehead atoms. The van der Waals surface area contributed by atoms with Crippen molar-refractivity contribution in [3.05, 3.63) is 58.5 Å². The van der Waals surface area contributed by atoms with Crippen LogP contribution in [0, 0.1) is 5.82 Å². The van der Waals surface area contributed by atoms with Crippen LogP contribution in [0.15, 0.2) is 36.5 Å². The predicted octanol–water partition coefficient (Wildman–Crippen LogP) is 3.17. The number of aromatic nitrogens is 1. The van der Waals surface area contributed by atoms with Gasteiger partial charge in [-0.3, -0.25) is 0 Å². The SMILES string of the molecule is CNCc1ccnc(OCc2ccccc2Cl)c1F. The van der Waals surface area contributed by atoms with E-state index in [0.717, 1.165) is 5.56 Å². The van der Waals surface area contributed by atoms with Gasteiger partial charge >= 0.3 is 0 Å². The number of nitrogens with one attached hydrogen (secondary N) is 1. The Balaban J connectivity index is 2.12. The summed E-state index contributed by atoms with van der Waals surface area (Å²) in [4.78, 5) is 3.90. The Morgan fingerprint density at radius 2 is 2.05 bits per heavy atom. The van der Waals surface area contributed by atoms with Gasteiger partial charge in [-0.05, 0) is 19.2 Å². The quantitative estimate of drug-likeness (QED) is 0.913. The smallest absolute Gasteiger partial charge is 0.251 e. The molecule has 0 aliphatic carbocycles. The van der Waals surface area contributed by atoms with Gasteiger partial charge < -0.3 is 10.1 Å². The zero-order valence-corrected chi connectivity index (χ0v) is 11.2. The highest BCUT2D eigenvalue weighted by Crippen LogP contribution is 2.21. The maximum atomic E-state index is 14.0. The van der Waals surface area contributed by atoms with E-state index >= 15 is 0 Å². The van der Waals surface area contributed by atoms with E-state index in [0.29, 0.717) is 17.1 Å². The van der Waals surface area contributed by atoms with Crippen molar-refractivity contribution in [2.45, 2.75) is 13.2 Å². The molecule has 0 atom stereocenters. The maximum absolute atomic E-state index is 14.0. The van der Waals surface area contributed by atoms with Crippen LogP contribution in [0.3, 0.4) is 0 Å². The molecule has 5 heteroatoms. The highest BCUT2D eigenvalue weighted by Gasteiger charge is 2.10. The van der Waals surface area contributed by atoms with Gasteiger partial charge in [0.05, 0.1) is 0 Å². The molecule has 0 saturated carbocycles. The van der Waals surface area contributed by atoms with Crippen molar-refractivity contribution in [2.75, 3.05) is 7.05 Å². The van der Waals surface area contributed by atoms with Crippen molar-refractivity contribution in [1.29, 1.82) is 0 Å². The van der Waals surface area contributed by atoms with Gasteiger partial charge in [0.2, 0.25) is 0 Å². The van der Waals surface area contributed by atoms with Gasteiger partial charge in [-0.15, -0.1) is 0 Å². The Bertz CT molecular complexity index is 563. The summed E-state index contributed by atoms with van der Waals surface area (Å²) >= 11 is 6.01. The van der Waals surface area contributed by atoms with E-state index in [1.807, 2.05) is 18.2 Å². The minimum Gasteiger partial charge on any atom is -0.471 e. The summed E-state index contributed by atoms with van der Waals surface area (Å²) in [5.41, 5.74) is 1.32. The Kier molecular flexibility index (Phi) is 4.71. The number of hydrogen-bond donors (Lipinski definition) is 1. The fraction of sp³-hybridized carbons (Fsp3) is 0.214. The Morgan fingerprint density at radius 1 is 1.26 bits per heavy atom. The van der Waals surface area contributed by atoms with E-state index in [4.69, 9.17) is 16.3 Å².